The van der Waals surface area contributed by atoms with E-state index in [1.165, 1.54) is 11.6 Å². The fraction of sp³-hybridized carbons (Fsp3) is 0.308. The molecule has 0 N–H and O–H groups in total. The molecule has 3 heteroatoms. The molecule has 1 fully saturated rings. The van der Waals surface area contributed by atoms with Crippen molar-refractivity contribution < 1.29 is 4.79 Å². The summed E-state index contributed by atoms with van der Waals surface area (Å²) in [5.74, 6) is 0.423. The van der Waals surface area contributed by atoms with Gasteiger partial charge in [-0.05, 0) is 30.2 Å². The lowest BCUT2D eigenvalue weighted by molar-refractivity contribution is -0.125. The molecule has 1 heterocycles. The first-order chi connectivity index (χ1) is 7.70. The van der Waals surface area contributed by atoms with Crippen LogP contribution in [0, 0.1) is 0 Å². The number of benzene rings is 1. The molecule has 0 aliphatic carbocycles. The second-order valence-electron chi connectivity index (χ2n) is 4.03. The van der Waals surface area contributed by atoms with Crippen LogP contribution in [0.1, 0.15) is 17.9 Å². The van der Waals surface area contributed by atoms with E-state index >= 15 is 0 Å². The number of carbonyl (C=O) groups is 1. The Morgan fingerprint density at radius 1 is 1.56 bits per heavy atom. The highest BCUT2D eigenvalue weighted by Gasteiger charge is 2.25. The minimum atomic E-state index is 0.0181. The van der Waals surface area contributed by atoms with Gasteiger partial charge in [-0.25, -0.2) is 0 Å². The van der Waals surface area contributed by atoms with E-state index in [4.69, 9.17) is 11.6 Å². The van der Waals surface area contributed by atoms with E-state index in [-0.39, 0.29) is 5.91 Å². The van der Waals surface area contributed by atoms with Crippen LogP contribution in [-0.2, 0) is 4.79 Å². The lowest BCUT2D eigenvalue weighted by atomic mass is 9.99. The summed E-state index contributed by atoms with van der Waals surface area (Å²) < 4.78 is 0. The summed E-state index contributed by atoms with van der Waals surface area (Å²) in [6.07, 6.45) is 2.38. The summed E-state index contributed by atoms with van der Waals surface area (Å²) in [5.41, 5.74) is 1.21. The monoisotopic (exact) mass is 235 g/mol. The molecule has 1 amide bonds. The highest BCUT2D eigenvalue weighted by molar-refractivity contribution is 6.30. The maximum atomic E-state index is 11.4. The van der Waals surface area contributed by atoms with Crippen molar-refractivity contribution >= 4 is 17.5 Å². The third-order valence-corrected chi connectivity index (χ3v) is 3.23. The normalized spacial score (nSPS) is 19.8. The van der Waals surface area contributed by atoms with Crippen molar-refractivity contribution in [3.63, 3.8) is 0 Å². The first-order valence-electron chi connectivity index (χ1n) is 5.37. The van der Waals surface area contributed by atoms with Gasteiger partial charge in [0.15, 0.2) is 0 Å². The van der Waals surface area contributed by atoms with Crippen molar-refractivity contribution in [1.82, 2.24) is 4.90 Å². The van der Waals surface area contributed by atoms with Gasteiger partial charge in [-0.2, -0.15) is 0 Å². The zero-order valence-corrected chi connectivity index (χ0v) is 9.78. The molecule has 1 saturated heterocycles. The van der Waals surface area contributed by atoms with Gasteiger partial charge in [0, 0.05) is 24.0 Å². The standard InChI is InChI=1S/C13H14ClNO/c1-2-13(16)15-7-6-11(9-15)10-4-3-5-12(14)8-10/h2-5,8,11H,1,6-7,9H2. The van der Waals surface area contributed by atoms with E-state index < -0.39 is 0 Å². The molecule has 0 aromatic heterocycles. The SMILES string of the molecule is C=CC(=O)N1CCC(c2cccc(Cl)c2)C1. The Bertz CT molecular complexity index is 416. The number of carbonyl (C=O) groups excluding carboxylic acids is 1. The second-order valence-corrected chi connectivity index (χ2v) is 4.47. The fourth-order valence-electron chi connectivity index (χ4n) is 2.12. The summed E-state index contributed by atoms with van der Waals surface area (Å²) >= 11 is 5.95. The summed E-state index contributed by atoms with van der Waals surface area (Å²) in [6.45, 7) is 5.08. The molecule has 1 aliphatic heterocycles. The number of rotatable bonds is 2. The van der Waals surface area contributed by atoms with Gasteiger partial charge >= 0.3 is 0 Å². The number of likely N-dealkylation sites (tertiary alicyclic amines) is 1. The van der Waals surface area contributed by atoms with Crippen molar-refractivity contribution in [3.8, 4) is 0 Å². The minimum absolute atomic E-state index is 0.0181. The molecule has 1 aromatic carbocycles. The van der Waals surface area contributed by atoms with Gasteiger partial charge in [-0.1, -0.05) is 30.3 Å². The first kappa shape index (κ1) is 11.2. The average molecular weight is 236 g/mol. The molecular formula is C13H14ClNO. The van der Waals surface area contributed by atoms with Gasteiger partial charge in [0.05, 0.1) is 0 Å². The Hall–Kier alpha value is -1.28. The zero-order chi connectivity index (χ0) is 11.5. The minimum Gasteiger partial charge on any atom is -0.339 e. The molecule has 1 aliphatic rings. The number of halogens is 1. The van der Waals surface area contributed by atoms with E-state index in [9.17, 15) is 4.79 Å². The van der Waals surface area contributed by atoms with E-state index in [0.717, 1.165) is 24.5 Å². The third-order valence-electron chi connectivity index (χ3n) is 2.99. The van der Waals surface area contributed by atoms with Crippen molar-refractivity contribution in [2.75, 3.05) is 13.1 Å². The van der Waals surface area contributed by atoms with Gasteiger partial charge in [0.2, 0.25) is 5.91 Å². The van der Waals surface area contributed by atoms with Crippen LogP contribution in [0.15, 0.2) is 36.9 Å². The quantitative estimate of drug-likeness (QED) is 0.722. The highest BCUT2D eigenvalue weighted by atomic mass is 35.5. The molecule has 16 heavy (non-hydrogen) atoms. The molecule has 0 spiro atoms. The summed E-state index contributed by atoms with van der Waals surface area (Å²) in [4.78, 5) is 13.3. The Labute approximate surface area is 101 Å². The Morgan fingerprint density at radius 2 is 2.38 bits per heavy atom. The second kappa shape index (κ2) is 4.71. The van der Waals surface area contributed by atoms with Crippen molar-refractivity contribution in [2.24, 2.45) is 0 Å². The van der Waals surface area contributed by atoms with E-state index in [0.29, 0.717) is 5.92 Å². The van der Waals surface area contributed by atoms with Crippen molar-refractivity contribution in [2.45, 2.75) is 12.3 Å². The average Bonchev–Trinajstić information content (AvgIpc) is 2.77. The van der Waals surface area contributed by atoms with Gasteiger partial charge < -0.3 is 4.90 Å². The molecule has 2 nitrogen and oxygen atoms in total. The number of amides is 1. The molecule has 1 aromatic rings. The Balaban J connectivity index is 2.09. The zero-order valence-electron chi connectivity index (χ0n) is 9.03. The van der Waals surface area contributed by atoms with Crippen LogP contribution in [0.3, 0.4) is 0 Å². The maximum Gasteiger partial charge on any atom is 0.245 e. The summed E-state index contributed by atoms with van der Waals surface area (Å²) in [5, 5.41) is 0.756. The van der Waals surface area contributed by atoms with Gasteiger partial charge in [0.1, 0.15) is 0 Å². The van der Waals surface area contributed by atoms with Crippen LogP contribution < -0.4 is 0 Å². The Morgan fingerprint density at radius 3 is 3.06 bits per heavy atom. The lowest BCUT2D eigenvalue weighted by Crippen LogP contribution is -2.26. The number of nitrogens with zero attached hydrogens (tertiary/aromatic N) is 1. The summed E-state index contributed by atoms with van der Waals surface area (Å²) in [6, 6.07) is 7.87. The molecule has 2 rings (SSSR count). The first-order valence-corrected chi connectivity index (χ1v) is 5.75. The topological polar surface area (TPSA) is 20.3 Å². The van der Waals surface area contributed by atoms with Crippen molar-refractivity contribution in [3.05, 3.63) is 47.5 Å². The highest BCUT2D eigenvalue weighted by Crippen LogP contribution is 2.28. The predicted octanol–water partition coefficient (Wildman–Crippen LogP) is 2.84. The lowest BCUT2D eigenvalue weighted by Gasteiger charge is -2.14. The molecular weight excluding hydrogens is 222 g/mol. The molecule has 1 unspecified atom stereocenters. The predicted molar refractivity (Wildman–Crippen MR) is 65.6 cm³/mol. The van der Waals surface area contributed by atoms with Crippen LogP contribution in [-0.4, -0.2) is 23.9 Å². The summed E-state index contributed by atoms with van der Waals surface area (Å²) in [7, 11) is 0. The Kier molecular flexibility index (Phi) is 3.30. The van der Waals surface area contributed by atoms with Crippen LogP contribution in [0.25, 0.3) is 0 Å². The smallest absolute Gasteiger partial charge is 0.245 e. The number of hydrogen-bond acceptors (Lipinski definition) is 1. The van der Waals surface area contributed by atoms with Gasteiger partial charge in [-0.15, -0.1) is 0 Å². The van der Waals surface area contributed by atoms with E-state index in [1.807, 2.05) is 23.1 Å². The van der Waals surface area contributed by atoms with E-state index in [2.05, 4.69) is 12.6 Å². The molecule has 0 radical (unpaired) electrons. The largest absolute Gasteiger partial charge is 0.339 e. The van der Waals surface area contributed by atoms with Crippen molar-refractivity contribution in [1.29, 1.82) is 0 Å². The van der Waals surface area contributed by atoms with Gasteiger partial charge in [-0.3, -0.25) is 4.79 Å². The molecule has 0 saturated carbocycles. The maximum absolute atomic E-state index is 11.4. The molecule has 84 valence electrons. The van der Waals surface area contributed by atoms with Crippen LogP contribution in [0.2, 0.25) is 5.02 Å². The van der Waals surface area contributed by atoms with Crippen LogP contribution in [0.5, 0.6) is 0 Å². The fourth-order valence-corrected chi connectivity index (χ4v) is 2.32. The van der Waals surface area contributed by atoms with Crippen LogP contribution in [0.4, 0.5) is 0 Å². The number of hydrogen-bond donors (Lipinski definition) is 0. The van der Waals surface area contributed by atoms with Crippen LogP contribution >= 0.6 is 11.6 Å². The third kappa shape index (κ3) is 2.27. The molecule has 1 atom stereocenters. The van der Waals surface area contributed by atoms with E-state index in [1.54, 1.807) is 0 Å². The van der Waals surface area contributed by atoms with Gasteiger partial charge in [0.25, 0.3) is 0 Å². The molecule has 0 bridgehead atoms.